The van der Waals surface area contributed by atoms with Crippen LogP contribution in [0.1, 0.15) is 48.0 Å². The number of primary amides is 1. The van der Waals surface area contributed by atoms with Gasteiger partial charge in [0.05, 0.1) is 24.0 Å². The highest BCUT2D eigenvalue weighted by atomic mass is 16.5. The Hall–Kier alpha value is -3.59. The Kier molecular flexibility index (Phi) is 8.26. The van der Waals surface area contributed by atoms with Crippen molar-refractivity contribution in [2.45, 2.75) is 44.6 Å². The summed E-state index contributed by atoms with van der Waals surface area (Å²) in [6.45, 7) is 0.527. The van der Waals surface area contributed by atoms with Crippen LogP contribution < -0.4 is 33.0 Å². The van der Waals surface area contributed by atoms with Crippen LogP contribution in [0.25, 0.3) is 0 Å². The lowest BCUT2D eigenvalue weighted by Gasteiger charge is -2.23. The molecule has 176 valence electrons. The summed E-state index contributed by atoms with van der Waals surface area (Å²) in [7, 11) is 0. The van der Waals surface area contributed by atoms with Crippen LogP contribution in [0.15, 0.2) is 47.5 Å². The van der Waals surface area contributed by atoms with Gasteiger partial charge in [0.15, 0.2) is 5.96 Å². The summed E-state index contributed by atoms with van der Waals surface area (Å²) >= 11 is 0. The maximum Gasteiger partial charge on any atom is 0.248 e. The van der Waals surface area contributed by atoms with Gasteiger partial charge in [0, 0.05) is 5.56 Å². The quantitative estimate of drug-likeness (QED) is 0.288. The van der Waals surface area contributed by atoms with E-state index in [0.29, 0.717) is 41.6 Å². The Morgan fingerprint density at radius 3 is 2.36 bits per heavy atom. The van der Waals surface area contributed by atoms with Crippen molar-refractivity contribution in [1.82, 2.24) is 0 Å². The standard InChI is InChI=1S/C24H32N6O3/c25-19(12-15-6-9-18(10-7-15)29-24(27)28)23(32)30-20-11-8-17(22(26)31)13-21(20)33-14-16-4-2-1-3-5-16/h6-11,13,16,19H,1-5,12,14,25H2,(H2,26,31)(H,30,32)(H4,27,28,29)/t19-/m0/s1. The van der Waals surface area contributed by atoms with Crippen LogP contribution in [-0.2, 0) is 11.2 Å². The maximum atomic E-state index is 12.8. The zero-order valence-corrected chi connectivity index (χ0v) is 18.6. The highest BCUT2D eigenvalue weighted by Crippen LogP contribution is 2.29. The summed E-state index contributed by atoms with van der Waals surface area (Å²) in [4.78, 5) is 28.4. The number of aliphatic imine (C=N–C) groups is 1. The summed E-state index contributed by atoms with van der Waals surface area (Å²) in [6, 6.07) is 11.1. The molecule has 2 aromatic rings. The molecule has 33 heavy (non-hydrogen) atoms. The molecule has 1 atom stereocenters. The molecule has 0 spiro atoms. The van der Waals surface area contributed by atoms with E-state index in [1.165, 1.54) is 19.3 Å². The van der Waals surface area contributed by atoms with Crippen molar-refractivity contribution in [2.24, 2.45) is 33.8 Å². The molecule has 2 aromatic carbocycles. The van der Waals surface area contributed by atoms with Gasteiger partial charge < -0.3 is 33.0 Å². The van der Waals surface area contributed by atoms with E-state index >= 15 is 0 Å². The van der Waals surface area contributed by atoms with Gasteiger partial charge in [0.1, 0.15) is 5.75 Å². The van der Waals surface area contributed by atoms with Crippen LogP contribution in [0.4, 0.5) is 11.4 Å². The summed E-state index contributed by atoms with van der Waals surface area (Å²) in [5, 5.41) is 2.83. The average Bonchev–Trinajstić information content (AvgIpc) is 2.79. The van der Waals surface area contributed by atoms with E-state index in [1.54, 1.807) is 30.3 Å². The molecule has 1 aliphatic rings. The van der Waals surface area contributed by atoms with Crippen molar-refractivity contribution in [3.63, 3.8) is 0 Å². The molecule has 0 bridgehead atoms. The summed E-state index contributed by atoms with van der Waals surface area (Å²) < 4.78 is 6.02. The summed E-state index contributed by atoms with van der Waals surface area (Å²) in [5.74, 6) is -0.0701. The second-order valence-electron chi connectivity index (χ2n) is 8.39. The molecule has 0 radical (unpaired) electrons. The highest BCUT2D eigenvalue weighted by molar-refractivity contribution is 5.98. The van der Waals surface area contributed by atoms with Gasteiger partial charge in [0.25, 0.3) is 0 Å². The minimum Gasteiger partial charge on any atom is -0.491 e. The first kappa shape index (κ1) is 24.1. The van der Waals surface area contributed by atoms with Gasteiger partial charge in [-0.05, 0) is 61.1 Å². The van der Waals surface area contributed by atoms with Gasteiger partial charge in [0.2, 0.25) is 11.8 Å². The average molecular weight is 453 g/mol. The molecule has 3 rings (SSSR count). The first-order chi connectivity index (χ1) is 15.8. The van der Waals surface area contributed by atoms with E-state index < -0.39 is 11.9 Å². The number of guanidine groups is 1. The predicted molar refractivity (Wildman–Crippen MR) is 129 cm³/mol. The van der Waals surface area contributed by atoms with Crippen LogP contribution in [-0.4, -0.2) is 30.4 Å². The fourth-order valence-corrected chi connectivity index (χ4v) is 3.89. The molecule has 0 saturated heterocycles. The fourth-order valence-electron chi connectivity index (χ4n) is 3.89. The Labute approximate surface area is 193 Å². The van der Waals surface area contributed by atoms with Crippen molar-refractivity contribution in [3.8, 4) is 5.75 Å². The zero-order valence-electron chi connectivity index (χ0n) is 18.6. The van der Waals surface area contributed by atoms with Crippen LogP contribution in [0.5, 0.6) is 5.75 Å². The number of carbonyl (C=O) groups is 2. The predicted octanol–water partition coefficient (Wildman–Crippen LogP) is 2.16. The van der Waals surface area contributed by atoms with Crippen LogP contribution >= 0.6 is 0 Å². The van der Waals surface area contributed by atoms with Gasteiger partial charge in [-0.1, -0.05) is 31.4 Å². The molecule has 0 aliphatic heterocycles. The van der Waals surface area contributed by atoms with Crippen molar-refractivity contribution < 1.29 is 14.3 Å². The molecule has 0 heterocycles. The van der Waals surface area contributed by atoms with Crippen molar-refractivity contribution in [1.29, 1.82) is 0 Å². The second kappa shape index (κ2) is 11.3. The lowest BCUT2D eigenvalue weighted by molar-refractivity contribution is -0.117. The number of rotatable bonds is 9. The number of carbonyl (C=O) groups excluding carboxylic acids is 2. The smallest absolute Gasteiger partial charge is 0.248 e. The number of nitrogens with one attached hydrogen (secondary N) is 1. The number of ether oxygens (including phenoxy) is 1. The van der Waals surface area contributed by atoms with Gasteiger partial charge >= 0.3 is 0 Å². The van der Waals surface area contributed by atoms with E-state index in [1.807, 2.05) is 12.1 Å². The molecule has 1 aliphatic carbocycles. The monoisotopic (exact) mass is 452 g/mol. The Bertz CT molecular complexity index is 996. The summed E-state index contributed by atoms with van der Waals surface area (Å²) in [5.41, 5.74) is 24.6. The highest BCUT2D eigenvalue weighted by Gasteiger charge is 2.19. The Morgan fingerprint density at radius 1 is 1.03 bits per heavy atom. The van der Waals surface area contributed by atoms with Crippen molar-refractivity contribution in [2.75, 3.05) is 11.9 Å². The van der Waals surface area contributed by atoms with E-state index in [2.05, 4.69) is 10.3 Å². The second-order valence-corrected chi connectivity index (χ2v) is 8.39. The van der Waals surface area contributed by atoms with Crippen LogP contribution in [0.3, 0.4) is 0 Å². The Morgan fingerprint density at radius 2 is 1.73 bits per heavy atom. The van der Waals surface area contributed by atoms with Gasteiger partial charge in [-0.2, -0.15) is 0 Å². The molecule has 9 heteroatoms. The third kappa shape index (κ3) is 7.21. The molecular formula is C24H32N6O3. The van der Waals surface area contributed by atoms with Crippen LogP contribution in [0, 0.1) is 5.92 Å². The number of hydrogen-bond donors (Lipinski definition) is 5. The number of hydrogen-bond acceptors (Lipinski definition) is 5. The molecule has 9 nitrogen and oxygen atoms in total. The van der Waals surface area contributed by atoms with E-state index in [-0.39, 0.29) is 11.9 Å². The minimum atomic E-state index is -0.791. The van der Waals surface area contributed by atoms with E-state index in [9.17, 15) is 9.59 Å². The normalized spacial score (nSPS) is 14.8. The molecular weight excluding hydrogens is 420 g/mol. The lowest BCUT2D eigenvalue weighted by Crippen LogP contribution is -2.37. The fraction of sp³-hybridized carbons (Fsp3) is 0.375. The minimum absolute atomic E-state index is 0.0253. The topological polar surface area (TPSA) is 172 Å². The first-order valence-corrected chi connectivity index (χ1v) is 11.1. The van der Waals surface area contributed by atoms with Gasteiger partial charge in [-0.25, -0.2) is 4.99 Å². The molecule has 1 saturated carbocycles. The van der Waals surface area contributed by atoms with Crippen LogP contribution in [0.2, 0.25) is 0 Å². The third-order valence-corrected chi connectivity index (χ3v) is 5.71. The van der Waals surface area contributed by atoms with Gasteiger partial charge in [-0.15, -0.1) is 0 Å². The maximum absolute atomic E-state index is 12.8. The molecule has 0 aromatic heterocycles. The summed E-state index contributed by atoms with van der Waals surface area (Å²) in [6.07, 6.45) is 6.20. The zero-order chi connectivity index (χ0) is 23.8. The number of anilines is 1. The largest absolute Gasteiger partial charge is 0.491 e. The number of benzene rings is 2. The van der Waals surface area contributed by atoms with Gasteiger partial charge in [-0.3, -0.25) is 9.59 Å². The molecule has 1 fully saturated rings. The SMILES string of the molecule is NC(=O)c1ccc(NC(=O)[C@@H](N)Cc2ccc(N=C(N)N)cc2)c(OCC2CCCCC2)c1. The molecule has 9 N–H and O–H groups in total. The lowest BCUT2D eigenvalue weighted by atomic mass is 9.90. The number of amides is 2. The molecule has 0 unspecified atom stereocenters. The number of nitrogens with zero attached hydrogens (tertiary/aromatic N) is 1. The van der Waals surface area contributed by atoms with Crippen molar-refractivity contribution in [3.05, 3.63) is 53.6 Å². The Balaban J connectivity index is 1.66. The third-order valence-electron chi connectivity index (χ3n) is 5.71. The van der Waals surface area contributed by atoms with Crippen molar-refractivity contribution >= 4 is 29.1 Å². The van der Waals surface area contributed by atoms with E-state index in [4.69, 9.17) is 27.7 Å². The molecule has 2 amide bonds. The number of nitrogens with two attached hydrogens (primary N) is 4. The van der Waals surface area contributed by atoms with E-state index in [0.717, 1.165) is 18.4 Å². The first-order valence-electron chi connectivity index (χ1n) is 11.1.